The zero-order valence-electron chi connectivity index (χ0n) is 21.9. The van der Waals surface area contributed by atoms with Gasteiger partial charge in [0.2, 0.25) is 5.91 Å². The van der Waals surface area contributed by atoms with Crippen LogP contribution in [0.3, 0.4) is 0 Å². The second-order valence-corrected chi connectivity index (χ2v) is 10.8. The van der Waals surface area contributed by atoms with Crippen molar-refractivity contribution in [3.05, 3.63) is 76.9 Å². The predicted molar refractivity (Wildman–Crippen MR) is 150 cm³/mol. The van der Waals surface area contributed by atoms with Crippen LogP contribution in [0.15, 0.2) is 54.6 Å². The van der Waals surface area contributed by atoms with Gasteiger partial charge in [0.25, 0.3) is 0 Å². The smallest absolute Gasteiger partial charge is 0.220 e. The summed E-state index contributed by atoms with van der Waals surface area (Å²) in [7, 11) is 0. The van der Waals surface area contributed by atoms with Gasteiger partial charge in [-0.05, 0) is 80.4 Å². The van der Waals surface area contributed by atoms with Crippen molar-refractivity contribution in [2.24, 2.45) is 11.7 Å². The first-order valence-electron chi connectivity index (χ1n) is 13.7. The summed E-state index contributed by atoms with van der Waals surface area (Å²) >= 11 is 0. The zero-order valence-corrected chi connectivity index (χ0v) is 21.9. The zero-order chi connectivity index (χ0) is 26.2. The third-order valence-electron chi connectivity index (χ3n) is 8.56. The molecule has 7 nitrogen and oxygen atoms in total. The summed E-state index contributed by atoms with van der Waals surface area (Å²) in [6.07, 6.45) is 3.52. The van der Waals surface area contributed by atoms with E-state index in [1.165, 1.54) is 5.56 Å². The quantitative estimate of drug-likeness (QED) is 0.422. The molecule has 0 radical (unpaired) electrons. The fraction of sp³-hybridized carbons (Fsp3) is 0.387. The molecule has 2 saturated heterocycles. The Balaban J connectivity index is 1.40. The maximum atomic E-state index is 11.8. The van der Waals surface area contributed by atoms with Gasteiger partial charge in [-0.15, -0.1) is 0 Å². The molecule has 0 saturated carbocycles. The lowest BCUT2D eigenvalue weighted by Gasteiger charge is -2.37. The van der Waals surface area contributed by atoms with Crippen molar-refractivity contribution >= 4 is 28.4 Å². The standard InChI is InChI=1S/C31H34N6O/c1-21-28(23-11-15-35(16-12-23)20-22-7-3-2-4-8-22)25(19-32)30-34-26-9-5-6-10-27(26)37(30)31(21)36-17-13-24(14-18-36)29(33)38/h2-10,23-24H,11-18,20H2,1H3,(H2,33,38). The van der Waals surface area contributed by atoms with Gasteiger partial charge in [-0.2, -0.15) is 5.26 Å². The highest BCUT2D eigenvalue weighted by Crippen LogP contribution is 2.41. The van der Waals surface area contributed by atoms with E-state index in [1.54, 1.807) is 0 Å². The molecule has 2 aliphatic heterocycles. The number of imidazole rings is 1. The SMILES string of the molecule is Cc1c(C2CCN(Cc3ccccc3)CC2)c(C#N)c2nc3ccccc3n2c1N1CCC(C(N)=O)CC1. The fourth-order valence-electron chi connectivity index (χ4n) is 6.60. The van der Waals surface area contributed by atoms with E-state index < -0.39 is 0 Å². The van der Waals surface area contributed by atoms with Crippen LogP contribution in [-0.4, -0.2) is 46.4 Å². The molecule has 2 aromatic carbocycles. The summed E-state index contributed by atoms with van der Waals surface area (Å²) < 4.78 is 2.18. The Bertz CT molecular complexity index is 1520. The maximum absolute atomic E-state index is 11.8. The van der Waals surface area contributed by atoms with Crippen LogP contribution in [0.25, 0.3) is 16.7 Å². The van der Waals surface area contributed by atoms with Gasteiger partial charge >= 0.3 is 0 Å². The molecule has 1 amide bonds. The van der Waals surface area contributed by atoms with E-state index >= 15 is 0 Å². The molecular formula is C31H34N6O. The van der Waals surface area contributed by atoms with E-state index in [0.717, 1.165) is 92.0 Å². The molecule has 2 fully saturated rings. The van der Waals surface area contributed by atoms with E-state index in [1.807, 2.05) is 18.2 Å². The molecule has 0 spiro atoms. The Hall–Kier alpha value is -3.89. The highest BCUT2D eigenvalue weighted by atomic mass is 16.1. The first-order chi connectivity index (χ1) is 18.5. The number of benzene rings is 2. The topological polar surface area (TPSA) is 90.7 Å². The molecule has 0 aliphatic carbocycles. The van der Waals surface area contributed by atoms with E-state index in [9.17, 15) is 10.1 Å². The Kier molecular flexibility index (Phi) is 6.50. The van der Waals surface area contributed by atoms with Crippen molar-refractivity contribution in [1.82, 2.24) is 14.3 Å². The average Bonchev–Trinajstić information content (AvgIpc) is 3.33. The van der Waals surface area contributed by atoms with Crippen LogP contribution in [0.2, 0.25) is 0 Å². The number of nitriles is 1. The number of aromatic nitrogens is 2. The minimum atomic E-state index is -0.206. The molecule has 38 heavy (non-hydrogen) atoms. The summed E-state index contributed by atoms with van der Waals surface area (Å²) in [6.45, 7) is 6.67. The molecule has 2 aromatic heterocycles. The molecule has 0 atom stereocenters. The van der Waals surface area contributed by atoms with Crippen molar-refractivity contribution in [3.63, 3.8) is 0 Å². The van der Waals surface area contributed by atoms with Crippen molar-refractivity contribution < 1.29 is 4.79 Å². The van der Waals surface area contributed by atoms with Crippen LogP contribution in [0.5, 0.6) is 0 Å². The third-order valence-corrected chi connectivity index (χ3v) is 8.56. The Morgan fingerprint density at radius 3 is 2.37 bits per heavy atom. The van der Waals surface area contributed by atoms with Crippen molar-refractivity contribution in [3.8, 4) is 6.07 Å². The molecule has 4 aromatic rings. The minimum Gasteiger partial charge on any atom is -0.369 e. The first-order valence-corrected chi connectivity index (χ1v) is 13.7. The lowest BCUT2D eigenvalue weighted by Crippen LogP contribution is -2.40. The number of amides is 1. The van der Waals surface area contributed by atoms with Crippen molar-refractivity contribution in [2.75, 3.05) is 31.1 Å². The molecule has 2 aliphatic rings. The first kappa shape index (κ1) is 24.4. The van der Waals surface area contributed by atoms with Crippen LogP contribution < -0.4 is 10.6 Å². The molecule has 194 valence electrons. The summed E-state index contributed by atoms with van der Waals surface area (Å²) in [5, 5.41) is 10.5. The Morgan fingerprint density at radius 2 is 1.68 bits per heavy atom. The predicted octanol–water partition coefficient (Wildman–Crippen LogP) is 4.75. The van der Waals surface area contributed by atoms with Gasteiger partial charge in [-0.3, -0.25) is 14.1 Å². The summed E-state index contributed by atoms with van der Waals surface area (Å²) in [5.74, 6) is 1.14. The van der Waals surface area contributed by atoms with Gasteiger partial charge < -0.3 is 10.6 Å². The molecule has 0 unspecified atom stereocenters. The molecule has 4 heterocycles. The monoisotopic (exact) mass is 506 g/mol. The number of para-hydroxylation sites is 2. The lowest BCUT2D eigenvalue weighted by atomic mass is 9.84. The number of hydrogen-bond donors (Lipinski definition) is 1. The number of piperidine rings is 2. The number of nitrogens with two attached hydrogens (primary N) is 1. The van der Waals surface area contributed by atoms with Gasteiger partial charge in [0.1, 0.15) is 11.9 Å². The molecule has 6 rings (SSSR count). The number of pyridine rings is 1. The van der Waals surface area contributed by atoms with Crippen molar-refractivity contribution in [1.29, 1.82) is 5.26 Å². The number of carbonyl (C=O) groups is 1. The number of likely N-dealkylation sites (tertiary alicyclic amines) is 1. The van der Waals surface area contributed by atoms with Crippen LogP contribution >= 0.6 is 0 Å². The minimum absolute atomic E-state index is 0.0756. The lowest BCUT2D eigenvalue weighted by molar-refractivity contribution is -0.122. The van der Waals surface area contributed by atoms with E-state index in [4.69, 9.17) is 10.7 Å². The van der Waals surface area contributed by atoms with E-state index in [-0.39, 0.29) is 11.8 Å². The van der Waals surface area contributed by atoms with Gasteiger partial charge in [0, 0.05) is 25.6 Å². The third kappa shape index (κ3) is 4.29. The second kappa shape index (κ2) is 10.1. The fourth-order valence-corrected chi connectivity index (χ4v) is 6.60. The number of nitrogens with zero attached hydrogens (tertiary/aromatic N) is 5. The Morgan fingerprint density at radius 1 is 1.00 bits per heavy atom. The molecule has 0 bridgehead atoms. The van der Waals surface area contributed by atoms with Gasteiger partial charge in [-0.1, -0.05) is 42.5 Å². The number of hydrogen-bond acceptors (Lipinski definition) is 5. The highest BCUT2D eigenvalue weighted by Gasteiger charge is 2.32. The summed E-state index contributed by atoms with van der Waals surface area (Å²) in [6, 6.07) is 21.3. The summed E-state index contributed by atoms with van der Waals surface area (Å²) in [5.41, 5.74) is 12.6. The van der Waals surface area contributed by atoms with Crippen LogP contribution in [0.4, 0.5) is 5.82 Å². The molecular weight excluding hydrogens is 472 g/mol. The second-order valence-electron chi connectivity index (χ2n) is 10.8. The van der Waals surface area contributed by atoms with E-state index in [2.05, 4.69) is 63.6 Å². The van der Waals surface area contributed by atoms with E-state index in [0.29, 0.717) is 11.5 Å². The largest absolute Gasteiger partial charge is 0.369 e. The number of fused-ring (bicyclic) bond motifs is 3. The number of carbonyl (C=O) groups excluding carboxylic acids is 1. The van der Waals surface area contributed by atoms with Gasteiger partial charge in [0.15, 0.2) is 5.65 Å². The van der Waals surface area contributed by atoms with Gasteiger partial charge in [-0.25, -0.2) is 4.98 Å². The average molecular weight is 507 g/mol. The number of anilines is 1. The van der Waals surface area contributed by atoms with Gasteiger partial charge in [0.05, 0.1) is 16.6 Å². The van der Waals surface area contributed by atoms with Crippen LogP contribution in [0.1, 0.15) is 53.9 Å². The normalized spacial score (nSPS) is 17.7. The number of rotatable bonds is 5. The van der Waals surface area contributed by atoms with Crippen LogP contribution in [0, 0.1) is 24.2 Å². The number of primary amides is 1. The maximum Gasteiger partial charge on any atom is 0.220 e. The molecule has 2 N–H and O–H groups in total. The van der Waals surface area contributed by atoms with Crippen molar-refractivity contribution in [2.45, 2.75) is 45.1 Å². The highest BCUT2D eigenvalue weighted by molar-refractivity contribution is 5.86. The Labute approximate surface area is 223 Å². The van der Waals surface area contributed by atoms with Crippen LogP contribution in [-0.2, 0) is 11.3 Å². The molecule has 7 heteroatoms. The summed E-state index contributed by atoms with van der Waals surface area (Å²) in [4.78, 5) is 21.7.